The zero-order chi connectivity index (χ0) is 29.7. The topological polar surface area (TPSA) is 110 Å². The van der Waals surface area contributed by atoms with Crippen molar-refractivity contribution < 1.29 is 22.6 Å². The standard InChI is InChI=1S/C29H39N3O6SSi/c1-7-11-26(27(38-40(5,6)29(2,3)4)19-14-23-12-9-8-10-13-23)31-21-20-30(22-28(31)33)39(36,37)25-17-15-24(16-18-25)32(34)35/h7-10,12-19,26-27H,1,11,20-22H2,2-6H3/b19-14+/t26-,27+/m1/s1. The summed E-state index contributed by atoms with van der Waals surface area (Å²) >= 11 is 0. The van der Waals surface area contributed by atoms with E-state index in [9.17, 15) is 23.3 Å². The largest absolute Gasteiger partial charge is 0.408 e. The van der Waals surface area contributed by atoms with Crippen molar-refractivity contribution in [2.75, 3.05) is 19.6 Å². The van der Waals surface area contributed by atoms with E-state index in [4.69, 9.17) is 4.43 Å². The molecule has 0 bridgehead atoms. The Balaban J connectivity index is 1.88. The summed E-state index contributed by atoms with van der Waals surface area (Å²) in [6.07, 6.45) is 5.79. The van der Waals surface area contributed by atoms with E-state index in [0.717, 1.165) is 22.0 Å². The van der Waals surface area contributed by atoms with Gasteiger partial charge in [-0.05, 0) is 42.2 Å². The third-order valence-corrected chi connectivity index (χ3v) is 13.9. The van der Waals surface area contributed by atoms with Crippen molar-refractivity contribution in [1.29, 1.82) is 0 Å². The lowest BCUT2D eigenvalue weighted by Crippen LogP contribution is -2.59. The van der Waals surface area contributed by atoms with Crippen molar-refractivity contribution in [3.63, 3.8) is 0 Å². The number of hydrogen-bond acceptors (Lipinski definition) is 6. The summed E-state index contributed by atoms with van der Waals surface area (Å²) in [5.74, 6) is -0.333. The van der Waals surface area contributed by atoms with Gasteiger partial charge in [0.05, 0.1) is 28.5 Å². The van der Waals surface area contributed by atoms with Crippen LogP contribution in [0.3, 0.4) is 0 Å². The molecule has 2 aromatic rings. The van der Waals surface area contributed by atoms with Gasteiger partial charge in [0.1, 0.15) is 0 Å². The number of nitro benzene ring substituents is 1. The van der Waals surface area contributed by atoms with Gasteiger partial charge < -0.3 is 9.33 Å². The Bertz CT molecular complexity index is 1340. The second kappa shape index (κ2) is 12.6. The van der Waals surface area contributed by atoms with E-state index in [0.29, 0.717) is 6.42 Å². The molecule has 1 aliphatic heterocycles. The molecule has 1 heterocycles. The minimum absolute atomic E-state index is 0.0634. The first-order valence-electron chi connectivity index (χ1n) is 13.2. The van der Waals surface area contributed by atoms with Crippen molar-refractivity contribution in [1.82, 2.24) is 9.21 Å². The third kappa shape index (κ3) is 7.33. The molecule has 0 aliphatic carbocycles. The second-order valence-electron chi connectivity index (χ2n) is 11.4. The fourth-order valence-corrected chi connectivity index (χ4v) is 6.90. The average Bonchev–Trinajstić information content (AvgIpc) is 2.90. The third-order valence-electron chi connectivity index (χ3n) is 7.61. The van der Waals surface area contributed by atoms with Gasteiger partial charge in [0.25, 0.3) is 5.69 Å². The van der Waals surface area contributed by atoms with Crippen molar-refractivity contribution in [3.8, 4) is 0 Å². The highest BCUT2D eigenvalue weighted by Gasteiger charge is 2.43. The van der Waals surface area contributed by atoms with Crippen LogP contribution >= 0.6 is 0 Å². The minimum Gasteiger partial charge on any atom is -0.408 e. The molecule has 2 atom stereocenters. The number of sulfonamides is 1. The van der Waals surface area contributed by atoms with Crippen LogP contribution in [0.5, 0.6) is 0 Å². The van der Waals surface area contributed by atoms with Crippen LogP contribution in [-0.2, 0) is 19.2 Å². The molecule has 0 radical (unpaired) electrons. The molecular formula is C29H39N3O6SSi. The molecule has 2 aromatic carbocycles. The SMILES string of the molecule is C=CC[C@H]([C@H](/C=C/c1ccccc1)O[Si](C)(C)C(C)(C)C)N1CCN(S(=O)(=O)c2ccc([N+](=O)[O-])cc2)CC1=O. The van der Waals surface area contributed by atoms with Gasteiger partial charge in [-0.3, -0.25) is 14.9 Å². The Morgan fingerprint density at radius 1 is 1.10 bits per heavy atom. The number of nitro groups is 1. The van der Waals surface area contributed by atoms with Crippen molar-refractivity contribution >= 4 is 36.0 Å². The molecule has 11 heteroatoms. The number of benzene rings is 2. The van der Waals surface area contributed by atoms with Gasteiger partial charge in [0.15, 0.2) is 8.32 Å². The lowest BCUT2D eigenvalue weighted by atomic mass is 10.0. The lowest BCUT2D eigenvalue weighted by molar-refractivity contribution is -0.384. The fourth-order valence-electron chi connectivity index (χ4n) is 4.25. The molecule has 216 valence electrons. The van der Waals surface area contributed by atoms with Gasteiger partial charge in [-0.25, -0.2) is 8.42 Å². The Morgan fingerprint density at radius 3 is 2.25 bits per heavy atom. The lowest BCUT2D eigenvalue weighted by Gasteiger charge is -2.45. The predicted molar refractivity (Wildman–Crippen MR) is 160 cm³/mol. The van der Waals surface area contributed by atoms with E-state index in [2.05, 4.69) is 40.4 Å². The number of amides is 1. The van der Waals surface area contributed by atoms with E-state index >= 15 is 0 Å². The van der Waals surface area contributed by atoms with Gasteiger partial charge in [0, 0.05) is 25.2 Å². The monoisotopic (exact) mass is 585 g/mol. The molecule has 1 amide bonds. The maximum Gasteiger partial charge on any atom is 0.269 e. The van der Waals surface area contributed by atoms with E-state index in [1.807, 2.05) is 42.5 Å². The number of carbonyl (C=O) groups excluding carboxylic acids is 1. The molecule has 0 aromatic heterocycles. The van der Waals surface area contributed by atoms with Crippen LogP contribution in [0, 0.1) is 10.1 Å². The number of carbonyl (C=O) groups is 1. The van der Waals surface area contributed by atoms with Crippen molar-refractivity contribution in [2.24, 2.45) is 0 Å². The van der Waals surface area contributed by atoms with Gasteiger partial charge in [0.2, 0.25) is 15.9 Å². The van der Waals surface area contributed by atoms with Gasteiger partial charge in [-0.2, -0.15) is 4.31 Å². The van der Waals surface area contributed by atoms with E-state index in [1.54, 1.807) is 11.0 Å². The van der Waals surface area contributed by atoms with Crippen LogP contribution in [0.2, 0.25) is 18.1 Å². The molecule has 0 unspecified atom stereocenters. The highest BCUT2D eigenvalue weighted by Crippen LogP contribution is 2.38. The molecule has 40 heavy (non-hydrogen) atoms. The highest BCUT2D eigenvalue weighted by atomic mass is 32.2. The summed E-state index contributed by atoms with van der Waals surface area (Å²) in [6.45, 7) is 14.7. The molecule has 1 saturated heterocycles. The maximum atomic E-state index is 13.5. The zero-order valence-corrected chi connectivity index (χ0v) is 25.6. The van der Waals surface area contributed by atoms with Crippen LogP contribution in [0.15, 0.2) is 78.2 Å². The molecule has 1 aliphatic rings. The van der Waals surface area contributed by atoms with Crippen LogP contribution in [0.4, 0.5) is 5.69 Å². The van der Waals surface area contributed by atoms with Gasteiger partial charge in [-0.1, -0.05) is 69.3 Å². The Morgan fingerprint density at radius 2 is 1.73 bits per heavy atom. The van der Waals surface area contributed by atoms with Crippen LogP contribution in [-0.4, -0.2) is 68.6 Å². The normalized spacial score (nSPS) is 17.1. The first kappa shape index (κ1) is 31.4. The number of piperazine rings is 1. The summed E-state index contributed by atoms with van der Waals surface area (Å²) < 4.78 is 34.5. The number of non-ortho nitro benzene ring substituents is 1. The second-order valence-corrected chi connectivity index (χ2v) is 18.1. The maximum absolute atomic E-state index is 13.5. The van der Waals surface area contributed by atoms with Gasteiger partial charge in [-0.15, -0.1) is 6.58 Å². The Labute approximate surface area is 238 Å². The number of rotatable bonds is 11. The minimum atomic E-state index is -4.01. The quantitative estimate of drug-likeness (QED) is 0.150. The van der Waals surface area contributed by atoms with Crippen molar-refractivity contribution in [2.45, 2.75) is 62.4 Å². The fraction of sp³-hybridized carbons (Fsp3) is 0.414. The predicted octanol–water partition coefficient (Wildman–Crippen LogP) is 5.48. The van der Waals surface area contributed by atoms with E-state index < -0.39 is 29.4 Å². The molecule has 0 N–H and O–H groups in total. The summed E-state index contributed by atoms with van der Waals surface area (Å²) in [7, 11) is -6.27. The number of hydrogen-bond donors (Lipinski definition) is 0. The summed E-state index contributed by atoms with van der Waals surface area (Å²) in [5, 5.41) is 10.9. The Kier molecular flexibility index (Phi) is 9.88. The zero-order valence-electron chi connectivity index (χ0n) is 23.8. The van der Waals surface area contributed by atoms with Crippen molar-refractivity contribution in [3.05, 3.63) is 89.0 Å². The summed E-state index contributed by atoms with van der Waals surface area (Å²) in [4.78, 5) is 25.5. The molecule has 0 spiro atoms. The van der Waals surface area contributed by atoms with Crippen LogP contribution in [0.25, 0.3) is 6.08 Å². The first-order chi connectivity index (χ1) is 18.7. The molecular weight excluding hydrogens is 546 g/mol. The van der Waals surface area contributed by atoms with E-state index in [1.165, 1.54) is 12.1 Å². The molecule has 9 nitrogen and oxygen atoms in total. The molecule has 0 saturated carbocycles. The Hall–Kier alpha value is -3.12. The molecule has 3 rings (SSSR count). The summed E-state index contributed by atoms with van der Waals surface area (Å²) in [6, 6.07) is 14.2. The first-order valence-corrected chi connectivity index (χ1v) is 17.6. The molecule has 1 fully saturated rings. The van der Waals surface area contributed by atoms with Crippen LogP contribution < -0.4 is 0 Å². The summed E-state index contributed by atoms with van der Waals surface area (Å²) in [5.41, 5.74) is 0.803. The van der Waals surface area contributed by atoms with Gasteiger partial charge >= 0.3 is 0 Å². The number of nitrogens with zero attached hydrogens (tertiary/aromatic N) is 3. The highest BCUT2D eigenvalue weighted by molar-refractivity contribution is 7.89. The van der Waals surface area contributed by atoms with Crippen LogP contribution in [0.1, 0.15) is 32.8 Å². The van der Waals surface area contributed by atoms with E-state index in [-0.39, 0.29) is 47.2 Å². The smallest absolute Gasteiger partial charge is 0.269 e. The average molecular weight is 586 g/mol.